The molecule has 6 atom stereocenters. The Kier molecular flexibility index (Phi) is 9.59. The van der Waals surface area contributed by atoms with E-state index in [9.17, 15) is 22.7 Å². The van der Waals surface area contributed by atoms with Gasteiger partial charge in [-0.3, -0.25) is 4.79 Å². The SMILES string of the molecule is C=CC(=O)Nc1cc(N2CC(C3CC(C)(O)CCS3(=O)=O)C2C)c2cnc(Nc3ccnc(N4CC[C@@H](OC)[C@@H](F)C4)c3)nc2c1C(C)C. The van der Waals surface area contributed by atoms with Gasteiger partial charge in [-0.1, -0.05) is 20.4 Å². The topological polar surface area (TPSA) is 150 Å². The summed E-state index contributed by atoms with van der Waals surface area (Å²) in [5.74, 6) is 0.370. The standard InChI is InChI=1S/C35H46FN7O5S/c1-7-31(44)40-26-15-27(43-18-24(21(43)4)29-16-35(5,45)10-13-49(29,46)47)23-17-38-34(41-33(23)32(26)20(2)3)39-22-8-11-37-30(14-22)42-12-9-28(48-6)25(36)19-42/h7-8,11,14-15,17,20-21,24-25,28-29,45H,1,9-10,12-13,16,18-19H2,2-6H3,(H,40,44)(H,37,38,39,41)/t21?,24?,25-,28+,29?,35?/m0/s1. The van der Waals surface area contributed by atoms with E-state index in [1.807, 2.05) is 37.8 Å². The highest BCUT2D eigenvalue weighted by molar-refractivity contribution is 7.92. The summed E-state index contributed by atoms with van der Waals surface area (Å²) < 4.78 is 46.2. The van der Waals surface area contributed by atoms with Gasteiger partial charge >= 0.3 is 0 Å². The van der Waals surface area contributed by atoms with Crippen LogP contribution in [0.3, 0.4) is 0 Å². The summed E-state index contributed by atoms with van der Waals surface area (Å²) in [4.78, 5) is 30.7. The summed E-state index contributed by atoms with van der Waals surface area (Å²) in [6, 6.07) is 5.38. The molecule has 1 amide bonds. The fourth-order valence-corrected chi connectivity index (χ4v) is 9.98. The van der Waals surface area contributed by atoms with Gasteiger partial charge in [-0.25, -0.2) is 27.8 Å². The molecule has 0 spiro atoms. The van der Waals surface area contributed by atoms with Gasteiger partial charge in [-0.05, 0) is 57.2 Å². The van der Waals surface area contributed by atoms with Crippen LogP contribution < -0.4 is 20.4 Å². The lowest BCUT2D eigenvalue weighted by atomic mass is 9.80. The van der Waals surface area contributed by atoms with Crippen LogP contribution in [0.1, 0.15) is 58.4 Å². The summed E-state index contributed by atoms with van der Waals surface area (Å²) in [7, 11) is -1.82. The first-order valence-corrected chi connectivity index (χ1v) is 18.6. The van der Waals surface area contributed by atoms with Crippen molar-refractivity contribution in [2.75, 3.05) is 52.9 Å². The third-order valence-corrected chi connectivity index (χ3v) is 12.6. The molecule has 0 radical (unpaired) electrons. The lowest BCUT2D eigenvalue weighted by Gasteiger charge is -2.53. The van der Waals surface area contributed by atoms with Crippen LogP contribution in [-0.4, -0.2) is 96.0 Å². The molecule has 3 N–H and O–H groups in total. The third kappa shape index (κ3) is 6.95. The summed E-state index contributed by atoms with van der Waals surface area (Å²) in [5, 5.41) is 17.1. The quantitative estimate of drug-likeness (QED) is 0.267. The minimum atomic E-state index is -3.35. The van der Waals surface area contributed by atoms with Crippen LogP contribution in [0.5, 0.6) is 0 Å². The summed E-state index contributed by atoms with van der Waals surface area (Å²) >= 11 is 0. The number of sulfone groups is 1. The smallest absolute Gasteiger partial charge is 0.247 e. The minimum absolute atomic E-state index is 0.0249. The summed E-state index contributed by atoms with van der Waals surface area (Å²) in [6.45, 7) is 12.6. The Bertz CT molecular complexity index is 1860. The number of fused-ring (bicyclic) bond motifs is 1. The number of halogens is 1. The number of anilines is 5. The lowest BCUT2D eigenvalue weighted by Crippen LogP contribution is -2.63. The molecule has 264 valence electrons. The number of amides is 1. The molecule has 3 saturated heterocycles. The molecular weight excluding hydrogens is 649 g/mol. The van der Waals surface area contributed by atoms with Gasteiger partial charge in [0.05, 0.1) is 40.5 Å². The van der Waals surface area contributed by atoms with Crippen LogP contribution >= 0.6 is 0 Å². The molecule has 49 heavy (non-hydrogen) atoms. The number of hydrogen-bond donors (Lipinski definition) is 3. The molecule has 12 nitrogen and oxygen atoms in total. The third-order valence-electron chi connectivity index (χ3n) is 10.4. The van der Waals surface area contributed by atoms with Crippen molar-refractivity contribution < 1.29 is 27.4 Å². The summed E-state index contributed by atoms with van der Waals surface area (Å²) in [6.07, 6.45) is 4.08. The van der Waals surface area contributed by atoms with Crippen LogP contribution in [0.4, 0.5) is 33.2 Å². The molecule has 0 bridgehead atoms. The maximum Gasteiger partial charge on any atom is 0.247 e. The fraction of sp³-hybridized carbons (Fsp3) is 0.543. The summed E-state index contributed by atoms with van der Waals surface area (Å²) in [5.41, 5.74) is 2.49. The van der Waals surface area contributed by atoms with Gasteiger partial charge < -0.3 is 30.3 Å². The first-order chi connectivity index (χ1) is 23.2. The van der Waals surface area contributed by atoms with Crippen molar-refractivity contribution in [1.29, 1.82) is 0 Å². The van der Waals surface area contributed by atoms with Gasteiger partial charge in [0, 0.05) is 72.9 Å². The van der Waals surface area contributed by atoms with Gasteiger partial charge in [-0.15, -0.1) is 0 Å². The van der Waals surface area contributed by atoms with E-state index in [2.05, 4.69) is 32.1 Å². The Morgan fingerprint density at radius 3 is 2.71 bits per heavy atom. The van der Waals surface area contributed by atoms with E-state index >= 15 is 0 Å². The predicted octanol–water partition coefficient (Wildman–Crippen LogP) is 4.73. The number of carbonyl (C=O) groups excluding carboxylic acids is 1. The number of hydrogen-bond acceptors (Lipinski definition) is 11. The van der Waals surface area contributed by atoms with Gasteiger partial charge in [-0.2, -0.15) is 0 Å². The largest absolute Gasteiger partial charge is 0.390 e. The minimum Gasteiger partial charge on any atom is -0.390 e. The van der Waals surface area contributed by atoms with Crippen molar-refractivity contribution in [3.05, 3.63) is 48.8 Å². The maximum absolute atomic E-state index is 14.6. The molecule has 1 aromatic carbocycles. The highest BCUT2D eigenvalue weighted by Gasteiger charge is 2.51. The Labute approximate surface area is 287 Å². The fourth-order valence-electron chi connectivity index (χ4n) is 7.50. The number of rotatable bonds is 9. The number of aliphatic hydroxyl groups is 1. The van der Waals surface area contributed by atoms with Crippen molar-refractivity contribution in [1.82, 2.24) is 15.0 Å². The monoisotopic (exact) mass is 695 g/mol. The molecule has 5 heterocycles. The van der Waals surface area contributed by atoms with Gasteiger partial charge in [0.2, 0.25) is 11.9 Å². The number of carbonyl (C=O) groups is 1. The number of nitrogens with zero attached hydrogens (tertiary/aromatic N) is 5. The molecule has 6 rings (SSSR count). The number of piperidine rings is 1. The normalized spacial score (nSPS) is 28.3. The highest BCUT2D eigenvalue weighted by Crippen LogP contribution is 2.46. The number of ether oxygens (including phenoxy) is 1. The van der Waals surface area contributed by atoms with Crippen LogP contribution in [0.25, 0.3) is 10.9 Å². The molecule has 3 aliphatic heterocycles. The van der Waals surface area contributed by atoms with E-state index in [1.165, 1.54) is 13.2 Å². The predicted molar refractivity (Wildman–Crippen MR) is 190 cm³/mol. The number of nitrogens with one attached hydrogen (secondary N) is 2. The molecule has 0 aliphatic carbocycles. The zero-order valence-corrected chi connectivity index (χ0v) is 29.5. The Hall–Kier alpha value is -3.88. The maximum atomic E-state index is 14.6. The van der Waals surface area contributed by atoms with E-state index < -0.39 is 33.0 Å². The van der Waals surface area contributed by atoms with E-state index in [0.717, 1.165) is 16.6 Å². The zero-order valence-electron chi connectivity index (χ0n) is 28.7. The van der Waals surface area contributed by atoms with Crippen LogP contribution in [0.2, 0.25) is 0 Å². The van der Waals surface area contributed by atoms with E-state index in [0.29, 0.717) is 48.2 Å². The Balaban J connectivity index is 1.34. The second-order valence-corrected chi connectivity index (χ2v) is 16.5. The average Bonchev–Trinajstić information content (AvgIpc) is 3.05. The molecule has 2 aromatic heterocycles. The van der Waals surface area contributed by atoms with Crippen molar-refractivity contribution in [3.63, 3.8) is 0 Å². The van der Waals surface area contributed by atoms with Gasteiger partial charge in [0.1, 0.15) is 12.0 Å². The molecule has 4 unspecified atom stereocenters. The average molecular weight is 696 g/mol. The van der Waals surface area contributed by atoms with Crippen molar-refractivity contribution in [2.24, 2.45) is 5.92 Å². The molecule has 3 fully saturated rings. The number of benzene rings is 1. The number of alkyl halides is 1. The number of pyridine rings is 1. The van der Waals surface area contributed by atoms with Crippen LogP contribution in [0, 0.1) is 5.92 Å². The van der Waals surface area contributed by atoms with Crippen molar-refractivity contribution in [3.8, 4) is 0 Å². The molecule has 3 aromatic rings. The van der Waals surface area contributed by atoms with Crippen LogP contribution in [0.15, 0.2) is 43.2 Å². The molecular formula is C35H46FN7O5S. The van der Waals surface area contributed by atoms with Crippen LogP contribution in [-0.2, 0) is 19.4 Å². The number of methoxy groups -OCH3 is 1. The molecule has 3 aliphatic rings. The van der Waals surface area contributed by atoms with Crippen molar-refractivity contribution >= 4 is 55.5 Å². The van der Waals surface area contributed by atoms with E-state index in [1.54, 1.807) is 25.4 Å². The highest BCUT2D eigenvalue weighted by atomic mass is 32.2. The second kappa shape index (κ2) is 13.4. The Morgan fingerprint density at radius 2 is 2.04 bits per heavy atom. The Morgan fingerprint density at radius 1 is 1.27 bits per heavy atom. The van der Waals surface area contributed by atoms with Crippen molar-refractivity contribution in [2.45, 2.75) is 82.0 Å². The first kappa shape index (κ1) is 35.0. The molecule has 0 saturated carbocycles. The van der Waals surface area contributed by atoms with E-state index in [4.69, 9.17) is 9.72 Å². The number of aromatic nitrogens is 3. The van der Waals surface area contributed by atoms with Gasteiger partial charge in [0.25, 0.3) is 0 Å². The lowest BCUT2D eigenvalue weighted by molar-refractivity contribution is -0.111. The second-order valence-electron chi connectivity index (χ2n) is 14.1. The van der Waals surface area contributed by atoms with E-state index in [-0.39, 0.29) is 48.9 Å². The zero-order chi connectivity index (χ0) is 35.2. The van der Waals surface area contributed by atoms with Gasteiger partial charge in [0.15, 0.2) is 9.84 Å². The molecule has 14 heteroatoms. The first-order valence-electron chi connectivity index (χ1n) is 16.8.